The number of unbranched alkanes of at least 4 members (excludes halogenated alkanes) is 1. The van der Waals surface area contributed by atoms with E-state index in [-0.39, 0.29) is 11.9 Å². The molecule has 1 amide bonds. The van der Waals surface area contributed by atoms with E-state index in [1.54, 1.807) is 0 Å². The molecule has 1 aliphatic rings. The van der Waals surface area contributed by atoms with Crippen LogP contribution in [-0.4, -0.2) is 43.1 Å². The lowest BCUT2D eigenvalue weighted by Gasteiger charge is -2.23. The lowest BCUT2D eigenvalue weighted by atomic mass is 10.1. The summed E-state index contributed by atoms with van der Waals surface area (Å²) in [7, 11) is 0. The summed E-state index contributed by atoms with van der Waals surface area (Å²) in [5.74, 6) is 1.39. The summed E-state index contributed by atoms with van der Waals surface area (Å²) in [5.41, 5.74) is 1.41. The van der Waals surface area contributed by atoms with Crippen LogP contribution in [0.2, 0.25) is 0 Å². The number of hydrogen-bond acceptors (Lipinski definition) is 3. The number of amides is 1. The molecule has 1 atom stereocenters. The van der Waals surface area contributed by atoms with Crippen LogP contribution in [0.15, 0.2) is 30.6 Å². The Morgan fingerprint density at radius 3 is 3.04 bits per heavy atom. The fourth-order valence-corrected chi connectivity index (χ4v) is 3.31. The van der Waals surface area contributed by atoms with E-state index in [0.29, 0.717) is 24.7 Å². The molecule has 25 heavy (non-hydrogen) atoms. The van der Waals surface area contributed by atoms with Gasteiger partial charge in [-0.1, -0.05) is 45.8 Å². The molecule has 134 valence electrons. The predicted octanol–water partition coefficient (Wildman–Crippen LogP) is 3.35. The minimum Gasteiger partial charge on any atom is -0.329 e. The van der Waals surface area contributed by atoms with Crippen molar-refractivity contribution in [3.05, 3.63) is 47.8 Å². The first-order valence-corrected chi connectivity index (χ1v) is 9.13. The number of aromatic nitrogens is 4. The summed E-state index contributed by atoms with van der Waals surface area (Å²) in [6.07, 6.45) is 11.3. The smallest absolute Gasteiger partial charge is 0.275 e. The van der Waals surface area contributed by atoms with Crippen molar-refractivity contribution >= 4 is 5.91 Å². The molecule has 0 saturated carbocycles. The molecule has 3 rings (SSSR count). The standard InChI is InChI=1S/C19H27N5O/c1-4-5-7-16-8-6-10-24(16)19(25)17-12-15(21-22-17)13-23-11-9-20-18(23)14(2)3/h6,8-9,11-12,14,16H,4-5,7,10,13H2,1-3H3,(H,21,22). The number of carbonyl (C=O) groups excluding carboxylic acids is 1. The summed E-state index contributed by atoms with van der Waals surface area (Å²) >= 11 is 0. The molecule has 0 radical (unpaired) electrons. The zero-order chi connectivity index (χ0) is 17.8. The van der Waals surface area contributed by atoms with Gasteiger partial charge in [0.05, 0.1) is 18.3 Å². The molecular formula is C19H27N5O. The number of hydrogen-bond donors (Lipinski definition) is 1. The Hall–Kier alpha value is -2.37. The molecule has 6 nitrogen and oxygen atoms in total. The Labute approximate surface area is 148 Å². The Morgan fingerprint density at radius 2 is 2.28 bits per heavy atom. The number of nitrogens with one attached hydrogen (secondary N) is 1. The van der Waals surface area contributed by atoms with Crippen molar-refractivity contribution in [1.29, 1.82) is 0 Å². The molecule has 1 unspecified atom stereocenters. The van der Waals surface area contributed by atoms with E-state index in [1.807, 2.05) is 23.4 Å². The maximum Gasteiger partial charge on any atom is 0.275 e. The van der Waals surface area contributed by atoms with Gasteiger partial charge in [-0.3, -0.25) is 9.89 Å². The van der Waals surface area contributed by atoms with Gasteiger partial charge >= 0.3 is 0 Å². The summed E-state index contributed by atoms with van der Waals surface area (Å²) in [6.45, 7) is 7.74. The molecule has 0 aliphatic carbocycles. The number of carbonyl (C=O) groups is 1. The molecule has 1 N–H and O–H groups in total. The number of rotatable bonds is 7. The third kappa shape index (κ3) is 3.83. The van der Waals surface area contributed by atoms with Gasteiger partial charge in [0.15, 0.2) is 5.69 Å². The maximum absolute atomic E-state index is 12.8. The SMILES string of the molecule is CCCCC1C=CCN1C(=O)c1cc(Cn2ccnc2C(C)C)[nH]n1. The Morgan fingerprint density at radius 1 is 1.44 bits per heavy atom. The van der Waals surface area contributed by atoms with Crippen LogP contribution in [-0.2, 0) is 6.54 Å². The lowest BCUT2D eigenvalue weighted by molar-refractivity contribution is 0.0737. The van der Waals surface area contributed by atoms with Crippen molar-refractivity contribution in [2.45, 2.75) is 58.5 Å². The molecule has 6 heteroatoms. The van der Waals surface area contributed by atoms with Crippen LogP contribution in [0.4, 0.5) is 0 Å². The first kappa shape index (κ1) is 17.5. The molecule has 1 aliphatic heterocycles. The molecule has 0 aromatic carbocycles. The number of nitrogens with zero attached hydrogens (tertiary/aromatic N) is 4. The van der Waals surface area contributed by atoms with E-state index >= 15 is 0 Å². The summed E-state index contributed by atoms with van der Waals surface area (Å²) in [6, 6.07) is 2.07. The second kappa shape index (κ2) is 7.68. The zero-order valence-corrected chi connectivity index (χ0v) is 15.3. The molecule has 2 aromatic heterocycles. The van der Waals surface area contributed by atoms with Crippen LogP contribution >= 0.6 is 0 Å². The van der Waals surface area contributed by atoms with Crippen LogP contribution in [0.3, 0.4) is 0 Å². The molecule has 3 heterocycles. The second-order valence-corrected chi connectivity index (χ2v) is 6.94. The van der Waals surface area contributed by atoms with Crippen LogP contribution in [0.25, 0.3) is 0 Å². The van der Waals surface area contributed by atoms with Crippen LogP contribution in [0.1, 0.15) is 68.0 Å². The van der Waals surface area contributed by atoms with Crippen molar-refractivity contribution in [2.24, 2.45) is 0 Å². The average molecular weight is 341 g/mol. The molecule has 0 spiro atoms. The molecular weight excluding hydrogens is 314 g/mol. The Kier molecular flexibility index (Phi) is 5.36. The van der Waals surface area contributed by atoms with Gasteiger partial charge in [0.2, 0.25) is 0 Å². The van der Waals surface area contributed by atoms with E-state index in [9.17, 15) is 4.79 Å². The minimum absolute atomic E-state index is 0.00307. The Balaban J connectivity index is 1.68. The van der Waals surface area contributed by atoms with E-state index in [0.717, 1.165) is 30.8 Å². The van der Waals surface area contributed by atoms with Crippen molar-refractivity contribution < 1.29 is 4.79 Å². The van der Waals surface area contributed by atoms with Crippen molar-refractivity contribution in [3.63, 3.8) is 0 Å². The number of aromatic amines is 1. The van der Waals surface area contributed by atoms with Gasteiger partial charge in [-0.25, -0.2) is 4.98 Å². The predicted molar refractivity (Wildman–Crippen MR) is 97.5 cm³/mol. The maximum atomic E-state index is 12.8. The van der Waals surface area contributed by atoms with Gasteiger partial charge in [0, 0.05) is 24.9 Å². The highest BCUT2D eigenvalue weighted by molar-refractivity contribution is 5.93. The quantitative estimate of drug-likeness (QED) is 0.785. The third-order valence-electron chi connectivity index (χ3n) is 4.63. The van der Waals surface area contributed by atoms with E-state index in [4.69, 9.17) is 0 Å². The van der Waals surface area contributed by atoms with Gasteiger partial charge in [-0.15, -0.1) is 0 Å². The van der Waals surface area contributed by atoms with Gasteiger partial charge in [-0.05, 0) is 12.5 Å². The van der Waals surface area contributed by atoms with E-state index < -0.39 is 0 Å². The van der Waals surface area contributed by atoms with E-state index in [1.165, 1.54) is 0 Å². The summed E-state index contributed by atoms with van der Waals surface area (Å²) < 4.78 is 2.09. The highest BCUT2D eigenvalue weighted by Gasteiger charge is 2.26. The van der Waals surface area contributed by atoms with Gasteiger partial charge < -0.3 is 9.47 Å². The lowest BCUT2D eigenvalue weighted by Crippen LogP contribution is -2.36. The molecule has 2 aromatic rings. The Bertz CT molecular complexity index is 743. The van der Waals surface area contributed by atoms with Crippen molar-refractivity contribution in [3.8, 4) is 0 Å². The first-order valence-electron chi connectivity index (χ1n) is 9.13. The van der Waals surface area contributed by atoms with Gasteiger partial charge in [0.25, 0.3) is 5.91 Å². The molecule has 0 bridgehead atoms. The summed E-state index contributed by atoms with van der Waals surface area (Å²) in [5, 5.41) is 7.26. The second-order valence-electron chi connectivity index (χ2n) is 6.94. The molecule has 0 saturated heterocycles. The number of imidazole rings is 1. The average Bonchev–Trinajstić information content (AvgIpc) is 3.33. The van der Waals surface area contributed by atoms with Gasteiger partial charge in [-0.2, -0.15) is 5.10 Å². The third-order valence-corrected chi connectivity index (χ3v) is 4.63. The molecule has 0 fully saturated rings. The fourth-order valence-electron chi connectivity index (χ4n) is 3.31. The van der Waals surface area contributed by atoms with Crippen molar-refractivity contribution in [2.75, 3.05) is 6.54 Å². The number of H-pyrrole nitrogens is 1. The van der Waals surface area contributed by atoms with Gasteiger partial charge in [0.1, 0.15) is 5.82 Å². The minimum atomic E-state index is 0.00307. The first-order chi connectivity index (χ1) is 12.1. The fraction of sp³-hybridized carbons (Fsp3) is 0.526. The van der Waals surface area contributed by atoms with Crippen molar-refractivity contribution in [1.82, 2.24) is 24.6 Å². The largest absolute Gasteiger partial charge is 0.329 e. The van der Waals surface area contributed by atoms with Crippen LogP contribution < -0.4 is 0 Å². The highest BCUT2D eigenvalue weighted by Crippen LogP contribution is 2.19. The topological polar surface area (TPSA) is 66.8 Å². The monoisotopic (exact) mass is 341 g/mol. The zero-order valence-electron chi connectivity index (χ0n) is 15.3. The normalized spacial score (nSPS) is 17.0. The summed E-state index contributed by atoms with van der Waals surface area (Å²) in [4.78, 5) is 19.1. The van der Waals surface area contributed by atoms with Crippen LogP contribution in [0, 0.1) is 0 Å². The highest BCUT2D eigenvalue weighted by atomic mass is 16.2. The van der Waals surface area contributed by atoms with Crippen LogP contribution in [0.5, 0.6) is 0 Å². The van der Waals surface area contributed by atoms with E-state index in [2.05, 4.69) is 52.7 Å².